The van der Waals surface area contributed by atoms with Crippen molar-refractivity contribution in [2.45, 2.75) is 20.3 Å². The molecule has 0 amide bonds. The van der Waals surface area contributed by atoms with Crippen LogP contribution in [0.5, 0.6) is 0 Å². The van der Waals surface area contributed by atoms with Gasteiger partial charge in [0.15, 0.2) is 0 Å². The molecule has 1 N–H and O–H groups in total. The predicted octanol–water partition coefficient (Wildman–Crippen LogP) is 4.92. The molecule has 2 heterocycles. The fourth-order valence-electron chi connectivity index (χ4n) is 1.97. The van der Waals surface area contributed by atoms with Gasteiger partial charge in [0.1, 0.15) is 5.82 Å². The Hall–Kier alpha value is -1.13. The highest BCUT2D eigenvalue weighted by molar-refractivity contribution is 9.11. The van der Waals surface area contributed by atoms with Gasteiger partial charge in [-0.15, -0.1) is 11.3 Å². The maximum Gasteiger partial charge on any atom is 0.148 e. The molecule has 4 heteroatoms. The molecule has 0 fully saturated rings. The van der Waals surface area contributed by atoms with Gasteiger partial charge in [0.05, 0.1) is 19.7 Å². The van der Waals surface area contributed by atoms with E-state index in [1.165, 1.54) is 19.8 Å². The van der Waals surface area contributed by atoms with Crippen LogP contribution in [0.1, 0.15) is 18.1 Å². The van der Waals surface area contributed by atoms with Crippen molar-refractivity contribution in [3.63, 3.8) is 0 Å². The lowest BCUT2D eigenvalue weighted by Crippen LogP contribution is -1.78. The molecule has 3 aromatic rings. The number of aromatic amines is 1. The summed E-state index contributed by atoms with van der Waals surface area (Å²) in [5, 5.41) is 0. The average Bonchev–Trinajstić information content (AvgIpc) is 2.92. The summed E-state index contributed by atoms with van der Waals surface area (Å²) in [6.07, 6.45) is 1.05. The van der Waals surface area contributed by atoms with Gasteiger partial charge in [-0.1, -0.05) is 13.0 Å². The molecule has 2 nitrogen and oxygen atoms in total. The first-order valence-electron chi connectivity index (χ1n) is 5.92. The third kappa shape index (κ3) is 1.99. The summed E-state index contributed by atoms with van der Waals surface area (Å²) in [6, 6.07) is 8.57. The van der Waals surface area contributed by atoms with Crippen molar-refractivity contribution < 1.29 is 0 Å². The molecule has 0 aliphatic carbocycles. The van der Waals surface area contributed by atoms with E-state index < -0.39 is 0 Å². The van der Waals surface area contributed by atoms with E-state index in [0.717, 1.165) is 23.3 Å². The summed E-state index contributed by atoms with van der Waals surface area (Å²) in [7, 11) is 0. The van der Waals surface area contributed by atoms with Crippen molar-refractivity contribution in [2.75, 3.05) is 0 Å². The Balaban J connectivity index is 2.12. The Morgan fingerprint density at radius 1 is 1.33 bits per heavy atom. The highest BCUT2D eigenvalue weighted by Gasteiger charge is 2.10. The maximum atomic E-state index is 4.65. The van der Waals surface area contributed by atoms with E-state index in [9.17, 15) is 0 Å². The summed E-state index contributed by atoms with van der Waals surface area (Å²) in [4.78, 5) is 9.23. The van der Waals surface area contributed by atoms with E-state index in [0.29, 0.717) is 0 Å². The van der Waals surface area contributed by atoms with Gasteiger partial charge < -0.3 is 4.98 Å². The van der Waals surface area contributed by atoms with Crippen molar-refractivity contribution in [1.29, 1.82) is 0 Å². The van der Waals surface area contributed by atoms with Crippen molar-refractivity contribution >= 4 is 38.3 Å². The first-order chi connectivity index (χ1) is 8.67. The molecule has 1 aromatic carbocycles. The number of halogens is 1. The SMILES string of the molecule is CCc1ccc2nc(-c3cc(C)c(Br)s3)[nH]c2c1. The minimum absolute atomic E-state index is 0.956. The molecular formula is C14H13BrN2S. The van der Waals surface area contributed by atoms with E-state index in [1.54, 1.807) is 11.3 Å². The fourth-order valence-corrected chi connectivity index (χ4v) is 3.45. The van der Waals surface area contributed by atoms with E-state index in [2.05, 4.69) is 64.0 Å². The van der Waals surface area contributed by atoms with Crippen LogP contribution in [0, 0.1) is 6.92 Å². The number of imidazole rings is 1. The third-order valence-corrected chi connectivity index (χ3v) is 5.19. The van der Waals surface area contributed by atoms with Gasteiger partial charge in [-0.25, -0.2) is 4.98 Å². The number of nitrogens with one attached hydrogen (secondary N) is 1. The largest absolute Gasteiger partial charge is 0.337 e. The minimum Gasteiger partial charge on any atom is -0.337 e. The van der Waals surface area contributed by atoms with Gasteiger partial charge in [-0.2, -0.15) is 0 Å². The number of benzene rings is 1. The minimum atomic E-state index is 0.956. The summed E-state index contributed by atoms with van der Waals surface area (Å²) in [6.45, 7) is 4.26. The molecular weight excluding hydrogens is 308 g/mol. The number of fused-ring (bicyclic) bond motifs is 1. The zero-order valence-corrected chi connectivity index (χ0v) is 12.7. The van der Waals surface area contributed by atoms with Gasteiger partial charge in [-0.3, -0.25) is 0 Å². The molecule has 18 heavy (non-hydrogen) atoms. The highest BCUT2D eigenvalue weighted by Crippen LogP contribution is 2.34. The first-order valence-corrected chi connectivity index (χ1v) is 7.53. The molecule has 0 saturated carbocycles. The number of H-pyrrole nitrogens is 1. The summed E-state index contributed by atoms with van der Waals surface area (Å²) >= 11 is 5.27. The second kappa shape index (κ2) is 4.52. The number of nitrogens with zero attached hydrogens (tertiary/aromatic N) is 1. The van der Waals surface area contributed by atoms with Gasteiger partial charge in [0.2, 0.25) is 0 Å². The van der Waals surface area contributed by atoms with Gasteiger partial charge in [-0.05, 0) is 58.6 Å². The quantitative estimate of drug-likeness (QED) is 0.713. The van der Waals surface area contributed by atoms with Gasteiger partial charge in [0.25, 0.3) is 0 Å². The van der Waals surface area contributed by atoms with Crippen LogP contribution in [0.25, 0.3) is 21.7 Å². The van der Waals surface area contributed by atoms with Crippen LogP contribution in [0.15, 0.2) is 28.1 Å². The van der Waals surface area contributed by atoms with Crippen molar-refractivity contribution in [3.8, 4) is 10.7 Å². The summed E-state index contributed by atoms with van der Waals surface area (Å²) in [5.74, 6) is 0.956. The third-order valence-electron chi connectivity index (χ3n) is 3.05. The number of hydrogen-bond acceptors (Lipinski definition) is 2. The number of rotatable bonds is 2. The Labute approximate surface area is 118 Å². The summed E-state index contributed by atoms with van der Waals surface area (Å²) < 4.78 is 1.17. The average molecular weight is 321 g/mol. The molecule has 3 rings (SSSR count). The Bertz CT molecular complexity index is 692. The molecule has 0 unspecified atom stereocenters. The lowest BCUT2D eigenvalue weighted by atomic mass is 10.1. The van der Waals surface area contributed by atoms with Crippen molar-refractivity contribution in [2.24, 2.45) is 0 Å². The summed E-state index contributed by atoms with van der Waals surface area (Å²) in [5.41, 5.74) is 4.74. The Kier molecular flexibility index (Phi) is 2.99. The molecule has 0 aliphatic heterocycles. The second-order valence-electron chi connectivity index (χ2n) is 4.36. The molecule has 0 saturated heterocycles. The van der Waals surface area contributed by atoms with Crippen molar-refractivity contribution in [3.05, 3.63) is 39.2 Å². The number of thiophene rings is 1. The monoisotopic (exact) mass is 320 g/mol. The van der Waals surface area contributed by atoms with E-state index in [4.69, 9.17) is 0 Å². The van der Waals surface area contributed by atoms with E-state index >= 15 is 0 Å². The fraction of sp³-hybridized carbons (Fsp3) is 0.214. The van der Waals surface area contributed by atoms with Gasteiger partial charge >= 0.3 is 0 Å². The molecule has 0 aliphatic rings. The van der Waals surface area contributed by atoms with Gasteiger partial charge in [0, 0.05) is 0 Å². The molecule has 2 aromatic heterocycles. The lowest BCUT2D eigenvalue weighted by molar-refractivity contribution is 1.14. The second-order valence-corrected chi connectivity index (χ2v) is 6.73. The van der Waals surface area contributed by atoms with Crippen molar-refractivity contribution in [1.82, 2.24) is 9.97 Å². The van der Waals surface area contributed by atoms with Crippen LogP contribution in [-0.4, -0.2) is 9.97 Å². The number of aromatic nitrogens is 2. The zero-order valence-electron chi connectivity index (χ0n) is 10.2. The smallest absolute Gasteiger partial charge is 0.148 e. The molecule has 0 spiro atoms. The highest BCUT2D eigenvalue weighted by atomic mass is 79.9. The maximum absolute atomic E-state index is 4.65. The van der Waals surface area contributed by atoms with Crippen LogP contribution in [0.4, 0.5) is 0 Å². The molecule has 0 bridgehead atoms. The van der Waals surface area contributed by atoms with Crippen LogP contribution in [0.3, 0.4) is 0 Å². The van der Waals surface area contributed by atoms with Crippen LogP contribution in [-0.2, 0) is 6.42 Å². The molecule has 0 radical (unpaired) electrons. The zero-order chi connectivity index (χ0) is 12.7. The van der Waals surface area contributed by atoms with Crippen LogP contribution < -0.4 is 0 Å². The van der Waals surface area contributed by atoms with Crippen LogP contribution in [0.2, 0.25) is 0 Å². The van der Waals surface area contributed by atoms with E-state index in [1.807, 2.05) is 0 Å². The Morgan fingerprint density at radius 2 is 2.17 bits per heavy atom. The molecule has 92 valence electrons. The van der Waals surface area contributed by atoms with Crippen LogP contribution >= 0.6 is 27.3 Å². The van der Waals surface area contributed by atoms with E-state index in [-0.39, 0.29) is 0 Å². The first kappa shape index (κ1) is 11.9. The topological polar surface area (TPSA) is 28.7 Å². The number of hydrogen-bond donors (Lipinski definition) is 1. The lowest BCUT2D eigenvalue weighted by Gasteiger charge is -1.93. The Morgan fingerprint density at radius 3 is 2.83 bits per heavy atom. The normalized spacial score (nSPS) is 11.3. The predicted molar refractivity (Wildman–Crippen MR) is 81.2 cm³/mol. The standard InChI is InChI=1S/C14H13BrN2S/c1-3-9-4-5-10-11(7-9)17-14(16-10)12-6-8(2)13(15)18-12/h4-7H,3H2,1-2H3,(H,16,17). The number of aryl methyl sites for hydroxylation is 2. The molecule has 0 atom stereocenters.